The van der Waals surface area contributed by atoms with Crippen molar-refractivity contribution in [3.8, 4) is 0 Å². The Kier molecular flexibility index (Phi) is 3.60. The molecule has 0 bridgehead atoms. The maximum Gasteiger partial charge on any atom is 0.165 e. The highest BCUT2D eigenvalue weighted by atomic mass is 32.2. The monoisotopic (exact) mass is 283 g/mol. The molecule has 0 spiro atoms. The van der Waals surface area contributed by atoms with E-state index in [4.69, 9.17) is 0 Å². The summed E-state index contributed by atoms with van der Waals surface area (Å²) in [5.41, 5.74) is 1.88. The topological polar surface area (TPSA) is 56.1 Å². The lowest BCUT2D eigenvalue weighted by Crippen LogP contribution is -2.28. The summed E-state index contributed by atoms with van der Waals surface area (Å²) in [7, 11) is -2.91. The zero-order valence-corrected chi connectivity index (χ0v) is 12.6. The van der Waals surface area contributed by atoms with E-state index in [0.717, 1.165) is 17.7 Å². The van der Waals surface area contributed by atoms with Gasteiger partial charge >= 0.3 is 0 Å². The van der Waals surface area contributed by atoms with Crippen molar-refractivity contribution in [3.63, 3.8) is 0 Å². The predicted octanol–water partition coefficient (Wildman–Crippen LogP) is 2.08. The molecule has 1 aliphatic carbocycles. The van der Waals surface area contributed by atoms with Crippen LogP contribution in [0.1, 0.15) is 42.7 Å². The molecule has 0 radical (unpaired) electrons. The number of carbonyl (C=O) groups excluding carboxylic acids is 1. The molecular formula is C14H21NO3S. The quantitative estimate of drug-likeness (QED) is 0.850. The molecule has 5 heteroatoms. The van der Waals surface area contributed by atoms with E-state index in [9.17, 15) is 13.2 Å². The van der Waals surface area contributed by atoms with Gasteiger partial charge in [-0.1, -0.05) is 13.8 Å². The lowest BCUT2D eigenvalue weighted by atomic mass is 9.76. The second-order valence-corrected chi connectivity index (χ2v) is 8.55. The summed E-state index contributed by atoms with van der Waals surface area (Å²) < 4.78 is 24.3. The predicted molar refractivity (Wildman–Crippen MR) is 75.2 cm³/mol. The fourth-order valence-corrected chi connectivity index (χ4v) is 3.36. The first-order valence-electron chi connectivity index (χ1n) is 6.57. The Morgan fingerprint density at radius 3 is 2.63 bits per heavy atom. The first kappa shape index (κ1) is 14.3. The summed E-state index contributed by atoms with van der Waals surface area (Å²) in [4.78, 5) is 12.0. The van der Waals surface area contributed by atoms with Gasteiger partial charge in [0.15, 0.2) is 5.78 Å². The molecule has 0 aliphatic heterocycles. The summed E-state index contributed by atoms with van der Waals surface area (Å²) in [5, 5.41) is 0. The van der Waals surface area contributed by atoms with Gasteiger partial charge in [0.05, 0.1) is 5.75 Å². The molecule has 1 aromatic rings. The Labute approximate surface area is 114 Å². The fourth-order valence-electron chi connectivity index (χ4n) is 2.71. The number of aryl methyl sites for hydroxylation is 1. The molecule has 0 unspecified atom stereocenters. The lowest BCUT2D eigenvalue weighted by Gasteiger charge is -2.29. The second kappa shape index (κ2) is 4.78. The highest BCUT2D eigenvalue weighted by molar-refractivity contribution is 7.90. The van der Waals surface area contributed by atoms with Crippen molar-refractivity contribution in [1.29, 1.82) is 0 Å². The SMILES string of the molecule is CC1(C)CC(=O)c2ccn(CCCS(C)(=O)=O)c2C1. The van der Waals surface area contributed by atoms with Gasteiger partial charge in [0.1, 0.15) is 9.84 Å². The van der Waals surface area contributed by atoms with Crippen molar-refractivity contribution >= 4 is 15.6 Å². The Morgan fingerprint density at radius 2 is 2.00 bits per heavy atom. The molecule has 0 N–H and O–H groups in total. The molecule has 0 saturated carbocycles. The number of aromatic nitrogens is 1. The summed E-state index contributed by atoms with van der Waals surface area (Å²) in [6, 6.07) is 1.87. The fraction of sp³-hybridized carbons (Fsp3) is 0.643. The Morgan fingerprint density at radius 1 is 1.32 bits per heavy atom. The van der Waals surface area contributed by atoms with Crippen LogP contribution >= 0.6 is 0 Å². The van der Waals surface area contributed by atoms with E-state index in [0.29, 0.717) is 19.4 Å². The highest BCUT2D eigenvalue weighted by Crippen LogP contribution is 2.35. The van der Waals surface area contributed by atoms with E-state index >= 15 is 0 Å². The first-order valence-corrected chi connectivity index (χ1v) is 8.63. The number of fused-ring (bicyclic) bond motifs is 1. The third-order valence-corrected chi connectivity index (χ3v) is 4.61. The van der Waals surface area contributed by atoms with Crippen LogP contribution in [0.15, 0.2) is 12.3 Å². The van der Waals surface area contributed by atoms with Crippen molar-refractivity contribution in [2.75, 3.05) is 12.0 Å². The van der Waals surface area contributed by atoms with Crippen LogP contribution in [0.4, 0.5) is 0 Å². The van der Waals surface area contributed by atoms with Gasteiger partial charge in [0.2, 0.25) is 0 Å². The maximum atomic E-state index is 12.0. The summed E-state index contributed by atoms with van der Waals surface area (Å²) in [5.74, 6) is 0.394. The molecule has 1 aromatic heterocycles. The van der Waals surface area contributed by atoms with E-state index in [1.165, 1.54) is 6.26 Å². The van der Waals surface area contributed by atoms with Crippen LogP contribution in [0.5, 0.6) is 0 Å². The molecule has 0 aromatic carbocycles. The molecule has 0 fully saturated rings. The van der Waals surface area contributed by atoms with Gasteiger partial charge in [-0.15, -0.1) is 0 Å². The highest BCUT2D eigenvalue weighted by Gasteiger charge is 2.32. The standard InChI is InChI=1S/C14H21NO3S/c1-14(2)9-12-11(13(16)10-14)5-7-15(12)6-4-8-19(3,17)18/h5,7H,4,6,8-10H2,1-3H3. The number of rotatable bonds is 4. The van der Waals surface area contributed by atoms with E-state index in [1.54, 1.807) is 0 Å². The molecule has 0 saturated heterocycles. The van der Waals surface area contributed by atoms with Crippen molar-refractivity contribution < 1.29 is 13.2 Å². The molecule has 4 nitrogen and oxygen atoms in total. The minimum atomic E-state index is -2.91. The van der Waals surface area contributed by atoms with Crippen molar-refractivity contribution in [1.82, 2.24) is 4.57 Å². The van der Waals surface area contributed by atoms with Crippen molar-refractivity contribution in [2.24, 2.45) is 5.41 Å². The average molecular weight is 283 g/mol. The number of ketones is 1. The third-order valence-electron chi connectivity index (χ3n) is 3.58. The van der Waals surface area contributed by atoms with E-state index in [-0.39, 0.29) is 17.0 Å². The summed E-state index contributed by atoms with van der Waals surface area (Å²) in [6.07, 6.45) is 5.22. The summed E-state index contributed by atoms with van der Waals surface area (Å²) >= 11 is 0. The average Bonchev–Trinajstić information content (AvgIpc) is 2.58. The zero-order chi connectivity index (χ0) is 14.3. The molecule has 1 aliphatic rings. The first-order chi connectivity index (χ1) is 8.68. The maximum absolute atomic E-state index is 12.0. The molecule has 2 rings (SSSR count). The van der Waals surface area contributed by atoms with Gasteiger partial charge in [0, 0.05) is 36.7 Å². The van der Waals surface area contributed by atoms with Gasteiger partial charge in [0.25, 0.3) is 0 Å². The lowest BCUT2D eigenvalue weighted by molar-refractivity contribution is 0.0910. The normalized spacial score (nSPS) is 18.4. The number of hydrogen-bond donors (Lipinski definition) is 0. The van der Waals surface area contributed by atoms with Crippen LogP contribution in [0.3, 0.4) is 0 Å². The zero-order valence-electron chi connectivity index (χ0n) is 11.8. The minimum absolute atomic E-state index is 0.00296. The van der Waals surface area contributed by atoms with E-state index < -0.39 is 9.84 Å². The van der Waals surface area contributed by atoms with Crippen LogP contribution in [0.25, 0.3) is 0 Å². The number of nitrogens with zero attached hydrogens (tertiary/aromatic N) is 1. The number of sulfone groups is 1. The van der Waals surface area contributed by atoms with Crippen LogP contribution in [0, 0.1) is 5.41 Å². The molecular weight excluding hydrogens is 262 g/mol. The van der Waals surface area contributed by atoms with Crippen LogP contribution < -0.4 is 0 Å². The smallest absolute Gasteiger partial charge is 0.165 e. The number of Topliss-reactive ketones (excluding diaryl/α,β-unsaturated/α-hetero) is 1. The van der Waals surface area contributed by atoms with Crippen molar-refractivity contribution in [3.05, 3.63) is 23.5 Å². The number of hydrogen-bond acceptors (Lipinski definition) is 3. The molecule has 0 atom stereocenters. The molecule has 19 heavy (non-hydrogen) atoms. The Balaban J connectivity index is 2.15. The van der Waals surface area contributed by atoms with Gasteiger partial charge in [-0.2, -0.15) is 0 Å². The van der Waals surface area contributed by atoms with Gasteiger partial charge in [-0.05, 0) is 24.3 Å². The molecule has 1 heterocycles. The van der Waals surface area contributed by atoms with E-state index in [1.807, 2.05) is 16.8 Å². The van der Waals surface area contributed by atoms with Crippen LogP contribution in [-0.2, 0) is 22.8 Å². The largest absolute Gasteiger partial charge is 0.351 e. The third kappa shape index (κ3) is 3.47. The van der Waals surface area contributed by atoms with Crippen molar-refractivity contribution in [2.45, 2.75) is 39.7 Å². The minimum Gasteiger partial charge on any atom is -0.351 e. The molecule has 106 valence electrons. The Hall–Kier alpha value is -1.10. The van der Waals surface area contributed by atoms with Gasteiger partial charge in [-0.25, -0.2) is 8.42 Å². The summed E-state index contributed by atoms with van der Waals surface area (Å²) in [6.45, 7) is 4.86. The van der Waals surface area contributed by atoms with E-state index in [2.05, 4.69) is 13.8 Å². The van der Waals surface area contributed by atoms with Crippen LogP contribution in [0.2, 0.25) is 0 Å². The van der Waals surface area contributed by atoms with Crippen LogP contribution in [-0.4, -0.2) is 30.8 Å². The Bertz CT molecular complexity index is 596. The van der Waals surface area contributed by atoms with Gasteiger partial charge in [-0.3, -0.25) is 4.79 Å². The number of carbonyl (C=O) groups is 1. The molecule has 0 amide bonds. The second-order valence-electron chi connectivity index (χ2n) is 6.29. The van der Waals surface area contributed by atoms with Gasteiger partial charge < -0.3 is 4.57 Å².